The zero-order valence-electron chi connectivity index (χ0n) is 4.60. The number of allylic oxidation sites excluding steroid dienone is 1. The van der Waals surface area contributed by atoms with E-state index in [1.54, 1.807) is 18.4 Å². The summed E-state index contributed by atoms with van der Waals surface area (Å²) in [6, 6.07) is 1.68. The molecule has 3 nitrogen and oxygen atoms in total. The third-order valence-electron chi connectivity index (χ3n) is 0.946. The lowest BCUT2D eigenvalue weighted by molar-refractivity contribution is 0.497. The lowest BCUT2D eigenvalue weighted by atomic mass is 10.3. The average molecular weight is 139 g/mol. The molecule has 0 aliphatic carbocycles. The van der Waals surface area contributed by atoms with Crippen molar-refractivity contribution < 1.29 is 0 Å². The Labute approximate surface area is 58.8 Å². The number of hydrogen-bond acceptors (Lipinski definition) is 4. The molecule has 0 amide bonds. The Balaban J connectivity index is 2.68. The Hall–Kier alpha value is -0.950. The first kappa shape index (κ1) is 6.17. The van der Waals surface area contributed by atoms with Gasteiger partial charge in [0, 0.05) is 6.21 Å². The summed E-state index contributed by atoms with van der Waals surface area (Å²) < 4.78 is 1.31. The van der Waals surface area contributed by atoms with Crippen molar-refractivity contribution in [2.75, 3.05) is 0 Å². The van der Waals surface area contributed by atoms with Gasteiger partial charge in [-0.25, -0.2) is 4.41 Å². The summed E-state index contributed by atoms with van der Waals surface area (Å²) in [5.74, 6) is 0. The van der Waals surface area contributed by atoms with Crippen LogP contribution in [0.25, 0.3) is 0 Å². The second-order valence-corrected chi connectivity index (χ2v) is 1.95. The van der Waals surface area contributed by atoms with Crippen molar-refractivity contribution in [1.29, 1.82) is 5.26 Å². The predicted octanol–water partition coefficient (Wildman–Crippen LogP) is 0.581. The number of nitrogens with zero attached hydrogens (tertiary/aromatic N) is 3. The Morgan fingerprint density at radius 1 is 1.78 bits per heavy atom. The van der Waals surface area contributed by atoms with Gasteiger partial charge in [0.15, 0.2) is 6.04 Å². The number of rotatable bonds is 0. The molecule has 0 radical (unpaired) electrons. The third-order valence-corrected chi connectivity index (χ3v) is 1.30. The largest absolute Gasteiger partial charge is 0.221 e. The highest BCUT2D eigenvalue weighted by Gasteiger charge is 2.09. The molecule has 1 rings (SSSR count). The minimum absolute atomic E-state index is 0.321. The van der Waals surface area contributed by atoms with Crippen LogP contribution < -0.4 is 0 Å². The molecule has 1 unspecified atom stereocenters. The normalized spacial score (nSPS) is 24.0. The van der Waals surface area contributed by atoms with Crippen molar-refractivity contribution in [3.63, 3.8) is 0 Å². The van der Waals surface area contributed by atoms with E-state index in [9.17, 15) is 0 Å². The van der Waals surface area contributed by atoms with Gasteiger partial charge >= 0.3 is 0 Å². The minimum atomic E-state index is -0.321. The van der Waals surface area contributed by atoms with E-state index in [2.05, 4.69) is 17.9 Å². The molecule has 0 bridgehead atoms. The molecule has 0 aromatic heterocycles. The summed E-state index contributed by atoms with van der Waals surface area (Å²) in [5.41, 5.74) is 0. The van der Waals surface area contributed by atoms with E-state index >= 15 is 0 Å². The maximum atomic E-state index is 8.40. The molecule has 1 aliphatic heterocycles. The molecule has 0 N–H and O–H groups in total. The maximum absolute atomic E-state index is 8.40. The van der Waals surface area contributed by atoms with Gasteiger partial charge < -0.3 is 0 Å². The standard InChI is InChI=1S/C5H5N3S/c6-4-5-2-1-3-7-8(5)9/h1-3,5,9H. The third kappa shape index (κ3) is 1.24. The zero-order chi connectivity index (χ0) is 6.69. The Bertz CT molecular complexity index is 191. The first-order valence-electron chi connectivity index (χ1n) is 2.43. The molecule has 1 aliphatic rings. The first-order valence-corrected chi connectivity index (χ1v) is 2.83. The SMILES string of the molecule is N#CC1C=CC=NN1S. The van der Waals surface area contributed by atoms with E-state index in [-0.39, 0.29) is 6.04 Å². The van der Waals surface area contributed by atoms with Gasteiger partial charge in [0.2, 0.25) is 0 Å². The molecule has 46 valence electrons. The van der Waals surface area contributed by atoms with Gasteiger partial charge in [0.1, 0.15) is 0 Å². The summed E-state index contributed by atoms with van der Waals surface area (Å²) >= 11 is 3.90. The summed E-state index contributed by atoms with van der Waals surface area (Å²) in [7, 11) is 0. The number of hydrazone groups is 1. The number of hydrogen-bond donors (Lipinski definition) is 1. The molecule has 0 fully saturated rings. The smallest absolute Gasteiger partial charge is 0.163 e. The van der Waals surface area contributed by atoms with Gasteiger partial charge in [-0.15, -0.1) is 0 Å². The summed E-state index contributed by atoms with van der Waals surface area (Å²) in [5, 5.41) is 12.1. The van der Waals surface area contributed by atoms with Gasteiger partial charge in [-0.1, -0.05) is 0 Å². The topological polar surface area (TPSA) is 39.4 Å². The highest BCUT2D eigenvalue weighted by molar-refractivity contribution is 7.77. The summed E-state index contributed by atoms with van der Waals surface area (Å²) in [6.07, 6.45) is 5.03. The second kappa shape index (κ2) is 2.55. The average Bonchev–Trinajstić information content (AvgIpc) is 1.89. The quantitative estimate of drug-likeness (QED) is 0.499. The van der Waals surface area contributed by atoms with Crippen molar-refractivity contribution >= 4 is 19.0 Å². The summed E-state index contributed by atoms with van der Waals surface area (Å²) in [4.78, 5) is 0. The molecule has 9 heavy (non-hydrogen) atoms. The zero-order valence-corrected chi connectivity index (χ0v) is 5.49. The molecular weight excluding hydrogens is 134 g/mol. The second-order valence-electron chi connectivity index (χ2n) is 1.54. The fourth-order valence-corrected chi connectivity index (χ4v) is 0.693. The van der Waals surface area contributed by atoms with Crippen LogP contribution in [0, 0.1) is 11.3 Å². The van der Waals surface area contributed by atoms with Crippen molar-refractivity contribution in [3.05, 3.63) is 12.2 Å². The van der Waals surface area contributed by atoms with Crippen LogP contribution in [0.1, 0.15) is 0 Å². The maximum Gasteiger partial charge on any atom is 0.163 e. The lowest BCUT2D eigenvalue weighted by Gasteiger charge is -2.15. The molecule has 0 saturated carbocycles. The highest BCUT2D eigenvalue weighted by atomic mass is 32.1. The highest BCUT2D eigenvalue weighted by Crippen LogP contribution is 2.06. The Kier molecular flexibility index (Phi) is 1.75. The molecule has 0 spiro atoms. The van der Waals surface area contributed by atoms with E-state index < -0.39 is 0 Å². The van der Waals surface area contributed by atoms with Gasteiger partial charge in [-0.05, 0) is 25.0 Å². The van der Waals surface area contributed by atoms with E-state index in [4.69, 9.17) is 5.26 Å². The molecule has 0 aromatic rings. The molecule has 0 aromatic carbocycles. The van der Waals surface area contributed by atoms with E-state index in [1.165, 1.54) is 4.41 Å². The van der Waals surface area contributed by atoms with Gasteiger partial charge in [-0.2, -0.15) is 10.4 Å². The van der Waals surface area contributed by atoms with Gasteiger partial charge in [-0.3, -0.25) is 0 Å². The number of thiol groups is 1. The van der Waals surface area contributed by atoms with Crippen molar-refractivity contribution in [2.45, 2.75) is 6.04 Å². The molecule has 1 atom stereocenters. The van der Waals surface area contributed by atoms with Gasteiger partial charge in [0.05, 0.1) is 6.07 Å². The van der Waals surface area contributed by atoms with Crippen molar-refractivity contribution in [1.82, 2.24) is 4.41 Å². The van der Waals surface area contributed by atoms with Crippen LogP contribution in [0.5, 0.6) is 0 Å². The fraction of sp³-hybridized carbons (Fsp3) is 0.200. The molecular formula is C5H5N3S. The minimum Gasteiger partial charge on any atom is -0.221 e. The van der Waals surface area contributed by atoms with Crippen LogP contribution in [-0.2, 0) is 0 Å². The Morgan fingerprint density at radius 2 is 2.56 bits per heavy atom. The first-order chi connectivity index (χ1) is 4.34. The predicted molar refractivity (Wildman–Crippen MR) is 37.9 cm³/mol. The van der Waals surface area contributed by atoms with Crippen molar-refractivity contribution in [3.8, 4) is 6.07 Å². The van der Waals surface area contributed by atoms with Crippen LogP contribution in [0.15, 0.2) is 17.3 Å². The fourth-order valence-electron chi connectivity index (χ4n) is 0.505. The Morgan fingerprint density at radius 3 is 3.00 bits per heavy atom. The van der Waals surface area contributed by atoms with E-state index in [0.717, 1.165) is 0 Å². The monoisotopic (exact) mass is 139 g/mol. The molecule has 4 heteroatoms. The van der Waals surface area contributed by atoms with E-state index in [0.29, 0.717) is 0 Å². The van der Waals surface area contributed by atoms with Crippen LogP contribution in [0.4, 0.5) is 0 Å². The number of nitriles is 1. The van der Waals surface area contributed by atoms with Crippen LogP contribution in [-0.4, -0.2) is 16.7 Å². The molecule has 0 saturated heterocycles. The van der Waals surface area contributed by atoms with Crippen LogP contribution >= 0.6 is 12.8 Å². The van der Waals surface area contributed by atoms with Crippen LogP contribution in [0.3, 0.4) is 0 Å². The molecule has 1 heterocycles. The van der Waals surface area contributed by atoms with Crippen molar-refractivity contribution in [2.24, 2.45) is 5.10 Å². The van der Waals surface area contributed by atoms with Gasteiger partial charge in [0.25, 0.3) is 0 Å². The van der Waals surface area contributed by atoms with Crippen LogP contribution in [0.2, 0.25) is 0 Å². The summed E-state index contributed by atoms with van der Waals surface area (Å²) in [6.45, 7) is 0. The lowest BCUT2D eigenvalue weighted by Crippen LogP contribution is -2.20. The van der Waals surface area contributed by atoms with E-state index in [1.807, 2.05) is 6.07 Å².